The van der Waals surface area contributed by atoms with E-state index >= 15 is 0 Å². The highest BCUT2D eigenvalue weighted by molar-refractivity contribution is 7.89. The van der Waals surface area contributed by atoms with Gasteiger partial charge in [0.25, 0.3) is 0 Å². The molecule has 0 unspecified atom stereocenters. The van der Waals surface area contributed by atoms with E-state index in [0.717, 1.165) is 49.9 Å². The fraction of sp³-hybridized carbons (Fsp3) is 0.522. The number of nitrogens with zero attached hydrogens (tertiary/aromatic N) is 3. The van der Waals surface area contributed by atoms with E-state index in [4.69, 9.17) is 14.2 Å². The lowest BCUT2D eigenvalue weighted by Crippen LogP contribution is -2.49. The molecular formula is C23H31N3O6S2. The van der Waals surface area contributed by atoms with Crippen LogP contribution in [-0.2, 0) is 26.0 Å². The molecule has 0 bridgehead atoms. The van der Waals surface area contributed by atoms with Crippen LogP contribution in [0.15, 0.2) is 40.6 Å². The second kappa shape index (κ2) is 11.6. The van der Waals surface area contributed by atoms with Crippen molar-refractivity contribution in [1.82, 2.24) is 14.1 Å². The molecule has 186 valence electrons. The molecule has 1 aromatic carbocycles. The lowest BCUT2D eigenvalue weighted by molar-refractivity contribution is 0.0341. The van der Waals surface area contributed by atoms with E-state index in [0.29, 0.717) is 39.3 Å². The van der Waals surface area contributed by atoms with Gasteiger partial charge in [-0.15, -0.1) is 11.3 Å². The highest BCUT2D eigenvalue weighted by Crippen LogP contribution is 2.26. The van der Waals surface area contributed by atoms with Crippen LogP contribution >= 0.6 is 11.3 Å². The SMILES string of the molecule is COC(=O)c1sccc1S(=O)(=O)N1CCN(CCOc2cccc(CN3CCOCC3)c2)CC1. The van der Waals surface area contributed by atoms with Crippen LogP contribution in [0.3, 0.4) is 0 Å². The Morgan fingerprint density at radius 2 is 1.82 bits per heavy atom. The van der Waals surface area contributed by atoms with E-state index in [1.165, 1.54) is 23.0 Å². The van der Waals surface area contributed by atoms with Gasteiger partial charge in [0, 0.05) is 52.4 Å². The Morgan fingerprint density at radius 3 is 2.56 bits per heavy atom. The van der Waals surface area contributed by atoms with Gasteiger partial charge in [-0.25, -0.2) is 13.2 Å². The van der Waals surface area contributed by atoms with Crippen molar-refractivity contribution in [3.05, 3.63) is 46.2 Å². The van der Waals surface area contributed by atoms with Gasteiger partial charge in [0.2, 0.25) is 10.0 Å². The van der Waals surface area contributed by atoms with Gasteiger partial charge in [0.15, 0.2) is 0 Å². The summed E-state index contributed by atoms with van der Waals surface area (Å²) in [6, 6.07) is 9.65. The number of rotatable bonds is 9. The maximum absolute atomic E-state index is 13.0. The highest BCUT2D eigenvalue weighted by atomic mass is 32.2. The molecule has 2 fully saturated rings. The van der Waals surface area contributed by atoms with Crippen LogP contribution in [0.1, 0.15) is 15.2 Å². The summed E-state index contributed by atoms with van der Waals surface area (Å²) >= 11 is 1.08. The molecule has 2 saturated heterocycles. The van der Waals surface area contributed by atoms with Crippen LogP contribution < -0.4 is 4.74 Å². The summed E-state index contributed by atoms with van der Waals surface area (Å²) in [5, 5.41) is 1.60. The van der Waals surface area contributed by atoms with Crippen LogP contribution in [-0.4, -0.2) is 101 Å². The number of carbonyl (C=O) groups is 1. The predicted molar refractivity (Wildman–Crippen MR) is 129 cm³/mol. The zero-order valence-electron chi connectivity index (χ0n) is 19.3. The third-order valence-electron chi connectivity index (χ3n) is 6.03. The quantitative estimate of drug-likeness (QED) is 0.473. The number of methoxy groups -OCH3 is 1. The van der Waals surface area contributed by atoms with E-state index in [1.54, 1.807) is 5.38 Å². The molecule has 0 atom stereocenters. The molecule has 0 radical (unpaired) electrons. The van der Waals surface area contributed by atoms with Crippen molar-refractivity contribution in [2.45, 2.75) is 11.4 Å². The number of esters is 1. The van der Waals surface area contributed by atoms with E-state index in [9.17, 15) is 13.2 Å². The third kappa shape index (κ3) is 6.15. The molecule has 34 heavy (non-hydrogen) atoms. The monoisotopic (exact) mass is 509 g/mol. The number of hydrogen-bond acceptors (Lipinski definition) is 9. The second-order valence-corrected chi connectivity index (χ2v) is 11.1. The van der Waals surface area contributed by atoms with Crippen LogP contribution in [0.2, 0.25) is 0 Å². The van der Waals surface area contributed by atoms with Gasteiger partial charge in [-0.05, 0) is 29.1 Å². The molecule has 11 heteroatoms. The molecular weight excluding hydrogens is 478 g/mol. The van der Waals surface area contributed by atoms with Crippen molar-refractivity contribution in [2.24, 2.45) is 0 Å². The van der Waals surface area contributed by atoms with Gasteiger partial charge in [-0.1, -0.05) is 12.1 Å². The molecule has 0 aliphatic carbocycles. The summed E-state index contributed by atoms with van der Waals surface area (Å²) in [5.74, 6) is 0.221. The van der Waals surface area contributed by atoms with E-state index in [1.807, 2.05) is 12.1 Å². The number of morpholine rings is 1. The molecule has 1 aromatic heterocycles. The molecule has 0 saturated carbocycles. The normalized spacial score (nSPS) is 18.6. The van der Waals surface area contributed by atoms with E-state index < -0.39 is 16.0 Å². The Hall–Kier alpha value is -2.02. The molecule has 0 N–H and O–H groups in total. The Balaban J connectivity index is 1.24. The summed E-state index contributed by atoms with van der Waals surface area (Å²) < 4.78 is 43.6. The van der Waals surface area contributed by atoms with Crippen molar-refractivity contribution in [3.8, 4) is 5.75 Å². The number of carbonyl (C=O) groups excluding carboxylic acids is 1. The van der Waals surface area contributed by atoms with E-state index in [2.05, 4.69) is 21.9 Å². The summed E-state index contributed by atoms with van der Waals surface area (Å²) in [4.78, 5) is 16.6. The summed E-state index contributed by atoms with van der Waals surface area (Å²) in [6.07, 6.45) is 0. The standard InChI is InChI=1S/C23H31N3O6S2/c1-30-23(27)22-21(5-16-33-22)34(28,29)26-8-6-24(7-9-26)12-15-32-20-4-2-3-19(17-20)18-25-10-13-31-14-11-25/h2-5,16-17H,6-15,18H2,1H3. The summed E-state index contributed by atoms with van der Waals surface area (Å²) in [6.45, 7) is 7.55. The van der Waals surface area contributed by atoms with Crippen molar-refractivity contribution in [1.29, 1.82) is 0 Å². The van der Waals surface area contributed by atoms with Crippen LogP contribution in [0.4, 0.5) is 0 Å². The first-order chi connectivity index (χ1) is 16.5. The van der Waals surface area contributed by atoms with E-state index in [-0.39, 0.29) is 9.77 Å². The lowest BCUT2D eigenvalue weighted by atomic mass is 10.2. The maximum Gasteiger partial charge on any atom is 0.349 e. The highest BCUT2D eigenvalue weighted by Gasteiger charge is 2.32. The van der Waals surface area contributed by atoms with Gasteiger partial charge >= 0.3 is 5.97 Å². The van der Waals surface area contributed by atoms with Gasteiger partial charge in [-0.2, -0.15) is 4.31 Å². The van der Waals surface area contributed by atoms with Crippen molar-refractivity contribution >= 4 is 27.3 Å². The number of sulfonamides is 1. The zero-order chi connectivity index (χ0) is 24.0. The first-order valence-electron chi connectivity index (χ1n) is 11.4. The van der Waals surface area contributed by atoms with Crippen molar-refractivity contribution in [2.75, 3.05) is 72.7 Å². The Morgan fingerprint density at radius 1 is 1.06 bits per heavy atom. The summed E-state index contributed by atoms with van der Waals surface area (Å²) in [7, 11) is -2.49. The molecule has 0 spiro atoms. The minimum Gasteiger partial charge on any atom is -0.492 e. The Labute approximate surface area is 204 Å². The Kier molecular flexibility index (Phi) is 8.56. The molecule has 2 aliphatic heterocycles. The van der Waals surface area contributed by atoms with Gasteiger partial charge in [-0.3, -0.25) is 9.80 Å². The lowest BCUT2D eigenvalue weighted by Gasteiger charge is -2.33. The number of hydrogen-bond donors (Lipinski definition) is 0. The maximum atomic E-state index is 13.0. The van der Waals surface area contributed by atoms with Gasteiger partial charge < -0.3 is 14.2 Å². The number of benzene rings is 1. The smallest absolute Gasteiger partial charge is 0.349 e. The molecule has 4 rings (SSSR count). The molecule has 2 aromatic rings. The van der Waals surface area contributed by atoms with Gasteiger partial charge in [0.05, 0.1) is 20.3 Å². The first kappa shape index (κ1) is 25.1. The predicted octanol–water partition coefficient (Wildman–Crippen LogP) is 1.75. The fourth-order valence-corrected chi connectivity index (χ4v) is 6.85. The van der Waals surface area contributed by atoms with Crippen molar-refractivity contribution in [3.63, 3.8) is 0 Å². The minimum absolute atomic E-state index is 0.0260. The molecule has 3 heterocycles. The number of ether oxygens (including phenoxy) is 3. The van der Waals surface area contributed by atoms with Gasteiger partial charge in [0.1, 0.15) is 22.1 Å². The zero-order valence-corrected chi connectivity index (χ0v) is 21.0. The topological polar surface area (TPSA) is 88.6 Å². The second-order valence-electron chi connectivity index (χ2n) is 8.24. The van der Waals surface area contributed by atoms with Crippen molar-refractivity contribution < 1.29 is 27.4 Å². The fourth-order valence-electron chi connectivity index (χ4n) is 4.12. The first-order valence-corrected chi connectivity index (χ1v) is 13.7. The number of thiophene rings is 1. The Bertz CT molecular complexity index is 1060. The average Bonchev–Trinajstić information content (AvgIpc) is 3.36. The third-order valence-corrected chi connectivity index (χ3v) is 9.00. The largest absolute Gasteiger partial charge is 0.492 e. The average molecular weight is 510 g/mol. The van der Waals surface area contributed by atoms with Crippen LogP contribution in [0.25, 0.3) is 0 Å². The number of piperazine rings is 1. The van der Waals surface area contributed by atoms with Crippen LogP contribution in [0, 0.1) is 0 Å². The molecule has 0 amide bonds. The van der Waals surface area contributed by atoms with Crippen LogP contribution in [0.5, 0.6) is 5.75 Å². The molecule has 2 aliphatic rings. The molecule has 9 nitrogen and oxygen atoms in total. The minimum atomic E-state index is -3.74. The summed E-state index contributed by atoms with van der Waals surface area (Å²) in [5.41, 5.74) is 1.22.